The number of hydrogen-bond acceptors (Lipinski definition) is 8. The highest BCUT2D eigenvalue weighted by molar-refractivity contribution is 5.92. The van der Waals surface area contributed by atoms with Gasteiger partial charge < -0.3 is 39.8 Å². The van der Waals surface area contributed by atoms with Gasteiger partial charge in [-0.15, -0.1) is 0 Å². The predicted octanol–water partition coefficient (Wildman–Crippen LogP) is 9.72. The molecule has 4 saturated heterocycles. The summed E-state index contributed by atoms with van der Waals surface area (Å²) in [6.45, 7) is 14.6. The maximum Gasteiger partial charge on any atom is 0.246 e. The lowest BCUT2D eigenvalue weighted by Gasteiger charge is -2.37. The summed E-state index contributed by atoms with van der Waals surface area (Å²) >= 11 is 0. The highest BCUT2D eigenvalue weighted by atomic mass is 19.1. The van der Waals surface area contributed by atoms with Crippen molar-refractivity contribution in [2.24, 2.45) is 11.8 Å². The molecule has 0 aliphatic carbocycles. The smallest absolute Gasteiger partial charge is 0.246 e. The number of rotatable bonds is 11. The normalized spacial score (nSPS) is 19.0. The van der Waals surface area contributed by atoms with Gasteiger partial charge >= 0.3 is 0 Å². The summed E-state index contributed by atoms with van der Waals surface area (Å²) in [6, 6.07) is 19.6. The molecule has 388 valence electrons. The van der Waals surface area contributed by atoms with E-state index in [0.717, 1.165) is 126 Å². The van der Waals surface area contributed by atoms with Gasteiger partial charge in [-0.3, -0.25) is 9.59 Å². The largest absolute Gasteiger partial charge is 0.392 e. The zero-order valence-corrected chi connectivity index (χ0v) is 42.8. The van der Waals surface area contributed by atoms with Gasteiger partial charge in [0.1, 0.15) is 22.9 Å². The van der Waals surface area contributed by atoms with Crippen molar-refractivity contribution in [3.05, 3.63) is 143 Å². The Labute approximate surface area is 429 Å². The number of aliphatic hydroxyl groups excluding tert-OH is 2. The molecule has 2 amide bonds. The number of carbonyl (C=O) groups excluding carboxylic acids is 2. The van der Waals surface area contributed by atoms with Crippen LogP contribution in [0.2, 0.25) is 0 Å². The summed E-state index contributed by atoms with van der Waals surface area (Å²) in [7, 11) is 0. The standard InChI is InChI=1S/C28H32F2N4O2.C16H21NO.C15H21N3O/c29-22-14-19(15-23(30)16-22)3-4-27(36)34-12-7-21(8-13-34)26(35)18-33-10-5-20(6-11-33)25-17-32-28-24(25)2-1-9-31-28;1-13-8-10-17(11-9-13)16(18)7-6-15-5-3-4-14(2)12-15;1-11(19)10-18-7-4-12(5-8-18)14-9-17-15-13(14)3-2-6-16-15/h1-4,9,14-17,20-21,26,35H,5-8,10-13,18H2,(H,31,32);3-7,12-13H,8-11H2,1-2H3;2-3,6,9,11-12,19H,4-5,7-8,10H2,1H3,(H,16,17)/b4-3+;7-6+;. The first-order valence-corrected chi connectivity index (χ1v) is 26.5. The van der Waals surface area contributed by atoms with Crippen LogP contribution in [-0.2, 0) is 9.59 Å². The van der Waals surface area contributed by atoms with E-state index in [1.54, 1.807) is 17.2 Å². The number of benzene rings is 2. The number of aryl methyl sites for hydroxylation is 1. The first kappa shape index (κ1) is 53.2. The maximum atomic E-state index is 13.3. The van der Waals surface area contributed by atoms with E-state index < -0.39 is 17.7 Å². The molecule has 0 bridgehead atoms. The predicted molar refractivity (Wildman–Crippen MR) is 287 cm³/mol. The SMILES string of the molecule is CC(O)CN1CCC(c2c[nH]c3ncccc23)CC1.Cc1cccc(/C=C/C(=O)N2CCC(C)CC2)c1.O=C(/C=C/c1cc(F)cc(F)c1)N1CCC(C(O)CN2CCC(c3c[nH]c4ncccc34)CC2)CC1. The number of H-pyrrole nitrogens is 2. The Bertz CT molecular complexity index is 2750. The van der Waals surface area contributed by atoms with E-state index in [4.69, 9.17) is 0 Å². The Balaban J connectivity index is 0.000000161. The van der Waals surface area contributed by atoms with Gasteiger partial charge in [-0.05, 0) is 186 Å². The number of β-amino-alcohol motifs (C(OH)–C–C–N with tert-alkyl or cyclic N) is 2. The van der Waals surface area contributed by atoms with Crippen molar-refractivity contribution in [3.63, 3.8) is 0 Å². The van der Waals surface area contributed by atoms with Crippen LogP contribution in [0.5, 0.6) is 0 Å². The topological polar surface area (TPSA) is 145 Å². The zero-order valence-electron chi connectivity index (χ0n) is 42.8. The summed E-state index contributed by atoms with van der Waals surface area (Å²) in [5, 5.41) is 22.8. The molecule has 4 fully saturated rings. The second kappa shape index (κ2) is 25.7. The van der Waals surface area contributed by atoms with Gasteiger partial charge in [0.15, 0.2) is 0 Å². The van der Waals surface area contributed by atoms with Gasteiger partial charge in [0, 0.05) is 93.0 Å². The number of aliphatic hydroxyl groups is 2. The van der Waals surface area contributed by atoms with Gasteiger partial charge in [0.25, 0.3) is 0 Å². The molecule has 2 unspecified atom stereocenters. The Morgan fingerprint density at radius 3 is 1.64 bits per heavy atom. The number of nitrogens with zero attached hydrogens (tertiary/aromatic N) is 6. The summed E-state index contributed by atoms with van der Waals surface area (Å²) in [5.41, 5.74) is 7.30. The van der Waals surface area contributed by atoms with Crippen molar-refractivity contribution >= 4 is 46.0 Å². The summed E-state index contributed by atoms with van der Waals surface area (Å²) < 4.78 is 26.7. The summed E-state index contributed by atoms with van der Waals surface area (Å²) in [4.78, 5) is 48.2. The molecule has 4 aliphatic rings. The molecule has 4 N–H and O–H groups in total. The highest BCUT2D eigenvalue weighted by Gasteiger charge is 2.30. The van der Waals surface area contributed by atoms with E-state index in [2.05, 4.69) is 80.2 Å². The van der Waals surface area contributed by atoms with Gasteiger partial charge in [0.2, 0.25) is 11.8 Å². The lowest BCUT2D eigenvalue weighted by Crippen LogP contribution is -2.45. The number of pyridine rings is 2. The fourth-order valence-electron chi connectivity index (χ4n) is 11.0. The average molecular weight is 997 g/mol. The summed E-state index contributed by atoms with van der Waals surface area (Å²) in [6.07, 6.45) is 21.8. The molecule has 2 aromatic carbocycles. The summed E-state index contributed by atoms with van der Waals surface area (Å²) in [5.74, 6) is 0.659. The third-order valence-electron chi connectivity index (χ3n) is 15.2. The van der Waals surface area contributed by atoms with Crippen LogP contribution in [-0.4, -0.2) is 139 Å². The zero-order chi connectivity index (χ0) is 51.3. The Hall–Kier alpha value is -6.06. The molecule has 73 heavy (non-hydrogen) atoms. The minimum absolute atomic E-state index is 0.142. The maximum absolute atomic E-state index is 13.3. The van der Waals surface area contributed by atoms with Crippen LogP contribution in [0.25, 0.3) is 34.2 Å². The molecule has 0 radical (unpaired) electrons. The second-order valence-electron chi connectivity index (χ2n) is 20.8. The van der Waals surface area contributed by atoms with Crippen LogP contribution in [0.3, 0.4) is 0 Å². The molecule has 2 atom stereocenters. The van der Waals surface area contributed by atoms with Gasteiger partial charge in [0.05, 0.1) is 12.2 Å². The molecule has 4 aromatic heterocycles. The number of piperidine rings is 4. The van der Waals surface area contributed by atoms with Gasteiger partial charge in [-0.25, -0.2) is 18.7 Å². The Morgan fingerprint density at radius 2 is 1.14 bits per heavy atom. The third kappa shape index (κ3) is 15.0. The number of amides is 2. The van der Waals surface area contributed by atoms with Crippen LogP contribution in [0.4, 0.5) is 8.78 Å². The minimum Gasteiger partial charge on any atom is -0.392 e. The highest BCUT2D eigenvalue weighted by Crippen LogP contribution is 2.34. The third-order valence-corrected chi connectivity index (χ3v) is 15.2. The van der Waals surface area contributed by atoms with Crippen LogP contribution < -0.4 is 0 Å². The van der Waals surface area contributed by atoms with E-state index >= 15 is 0 Å². The Kier molecular flexibility index (Phi) is 18.8. The van der Waals surface area contributed by atoms with Crippen molar-refractivity contribution in [1.82, 2.24) is 39.5 Å². The van der Waals surface area contributed by atoms with Crippen LogP contribution >= 0.6 is 0 Å². The van der Waals surface area contributed by atoms with Crippen molar-refractivity contribution in [2.75, 3.05) is 65.4 Å². The number of nitrogens with one attached hydrogen (secondary N) is 2. The lowest BCUT2D eigenvalue weighted by molar-refractivity contribution is -0.128. The van der Waals surface area contributed by atoms with Crippen LogP contribution in [0, 0.1) is 30.4 Å². The number of aromatic nitrogens is 4. The fraction of sp³-hybridized carbons (Fsp3) is 0.458. The first-order valence-electron chi connectivity index (χ1n) is 26.5. The second-order valence-corrected chi connectivity index (χ2v) is 20.8. The van der Waals surface area contributed by atoms with Crippen LogP contribution in [0.15, 0.2) is 104 Å². The molecule has 14 heteroatoms. The lowest BCUT2D eigenvalue weighted by atomic mass is 9.88. The van der Waals surface area contributed by atoms with Crippen molar-refractivity contribution < 1.29 is 28.6 Å². The number of hydrogen-bond donors (Lipinski definition) is 4. The number of likely N-dealkylation sites (tertiary alicyclic amines) is 4. The molecule has 0 spiro atoms. The number of halogens is 2. The Morgan fingerprint density at radius 1 is 0.644 bits per heavy atom. The molecule has 4 aliphatic heterocycles. The van der Waals surface area contributed by atoms with E-state index in [1.807, 2.05) is 48.4 Å². The fourth-order valence-corrected chi connectivity index (χ4v) is 11.0. The van der Waals surface area contributed by atoms with Crippen molar-refractivity contribution in [2.45, 2.75) is 96.2 Å². The van der Waals surface area contributed by atoms with Crippen molar-refractivity contribution in [1.29, 1.82) is 0 Å². The average Bonchev–Trinajstić information content (AvgIpc) is 4.03. The molecule has 12 nitrogen and oxygen atoms in total. The molecule has 0 saturated carbocycles. The quantitative estimate of drug-likeness (QED) is 0.0940. The molecule has 6 aromatic rings. The monoisotopic (exact) mass is 997 g/mol. The van der Waals surface area contributed by atoms with E-state index in [-0.39, 0.29) is 23.8 Å². The molecule has 10 rings (SSSR count). The van der Waals surface area contributed by atoms with Gasteiger partial charge in [-0.2, -0.15) is 0 Å². The van der Waals surface area contributed by atoms with Gasteiger partial charge in [-0.1, -0.05) is 36.8 Å². The molecule has 8 heterocycles. The number of aromatic amines is 2. The van der Waals surface area contributed by atoms with E-state index in [0.29, 0.717) is 37.0 Å². The van der Waals surface area contributed by atoms with Crippen LogP contribution in [0.1, 0.15) is 105 Å². The number of fused-ring (bicyclic) bond motifs is 2. The van der Waals surface area contributed by atoms with Crippen molar-refractivity contribution in [3.8, 4) is 0 Å². The minimum atomic E-state index is -0.670. The van der Waals surface area contributed by atoms with E-state index in [9.17, 15) is 28.6 Å². The molecular formula is C59H74F2N8O4. The van der Waals surface area contributed by atoms with E-state index in [1.165, 1.54) is 51.7 Å². The molecular weight excluding hydrogens is 923 g/mol. The first-order chi connectivity index (χ1) is 35.3. The number of carbonyl (C=O) groups is 2.